The molecule has 2 amide bonds. The molecule has 0 spiro atoms. The van der Waals surface area contributed by atoms with E-state index in [1.807, 2.05) is 6.26 Å². The van der Waals surface area contributed by atoms with Crippen molar-refractivity contribution < 1.29 is 14.7 Å². The maximum absolute atomic E-state index is 12.0. The summed E-state index contributed by atoms with van der Waals surface area (Å²) in [6, 6.07) is -1.22. The normalized spacial score (nSPS) is 15.4. The first-order valence-electron chi connectivity index (χ1n) is 6.29. The van der Waals surface area contributed by atoms with E-state index in [1.165, 1.54) is 4.90 Å². The number of aliphatic carboxylic acids is 1. The summed E-state index contributed by atoms with van der Waals surface area (Å²) in [5, 5.41) is 11.6. The Bertz CT molecular complexity index is 363. The molecule has 5 nitrogen and oxygen atoms in total. The number of urea groups is 1. The molecule has 0 unspecified atom stereocenters. The van der Waals surface area contributed by atoms with Gasteiger partial charge in [-0.15, -0.1) is 6.42 Å². The minimum absolute atomic E-state index is 0.219. The molecular weight excluding hydrogens is 264 g/mol. The Morgan fingerprint density at radius 1 is 1.58 bits per heavy atom. The first-order chi connectivity index (χ1) is 9.08. The van der Waals surface area contributed by atoms with Crippen LogP contribution in [0, 0.1) is 18.3 Å². The molecule has 0 aliphatic heterocycles. The number of thioether (sulfide) groups is 1. The lowest BCUT2D eigenvalue weighted by molar-refractivity contribution is -0.139. The van der Waals surface area contributed by atoms with Gasteiger partial charge in [-0.2, -0.15) is 11.8 Å². The Kier molecular flexibility index (Phi) is 6.57. The maximum Gasteiger partial charge on any atom is 0.326 e. The highest BCUT2D eigenvalue weighted by Crippen LogP contribution is 2.29. The van der Waals surface area contributed by atoms with Crippen molar-refractivity contribution in [2.24, 2.45) is 5.92 Å². The Morgan fingerprint density at radius 2 is 2.26 bits per heavy atom. The molecule has 0 bridgehead atoms. The number of hydrogen-bond acceptors (Lipinski definition) is 3. The number of terminal acetylenes is 1. The van der Waals surface area contributed by atoms with Crippen LogP contribution in [0.5, 0.6) is 0 Å². The van der Waals surface area contributed by atoms with Crippen LogP contribution in [-0.2, 0) is 4.79 Å². The quantitative estimate of drug-likeness (QED) is 0.658. The molecule has 1 saturated carbocycles. The molecule has 19 heavy (non-hydrogen) atoms. The monoisotopic (exact) mass is 284 g/mol. The molecule has 0 heterocycles. The molecule has 1 aliphatic rings. The number of nitrogens with zero attached hydrogens (tertiary/aromatic N) is 1. The minimum atomic E-state index is -1.01. The lowest BCUT2D eigenvalue weighted by Crippen LogP contribution is -2.48. The third-order valence-electron chi connectivity index (χ3n) is 2.95. The van der Waals surface area contributed by atoms with Crippen LogP contribution in [-0.4, -0.2) is 53.1 Å². The van der Waals surface area contributed by atoms with E-state index in [0.29, 0.717) is 24.6 Å². The van der Waals surface area contributed by atoms with Gasteiger partial charge in [0.15, 0.2) is 0 Å². The molecule has 1 fully saturated rings. The van der Waals surface area contributed by atoms with Crippen molar-refractivity contribution in [2.45, 2.75) is 25.3 Å². The Balaban J connectivity index is 2.51. The first kappa shape index (κ1) is 15.7. The van der Waals surface area contributed by atoms with Crippen LogP contribution < -0.4 is 5.32 Å². The van der Waals surface area contributed by atoms with Gasteiger partial charge in [0.1, 0.15) is 6.04 Å². The van der Waals surface area contributed by atoms with Crippen molar-refractivity contribution in [3.8, 4) is 12.3 Å². The molecule has 1 atom stereocenters. The molecule has 1 rings (SSSR count). The zero-order chi connectivity index (χ0) is 14.3. The topological polar surface area (TPSA) is 69.6 Å². The number of carboxylic acid groups (broad SMARTS) is 1. The van der Waals surface area contributed by atoms with E-state index in [2.05, 4.69) is 11.2 Å². The summed E-state index contributed by atoms with van der Waals surface area (Å²) < 4.78 is 0. The van der Waals surface area contributed by atoms with Gasteiger partial charge in [0.2, 0.25) is 0 Å². The summed E-state index contributed by atoms with van der Waals surface area (Å²) in [5.41, 5.74) is 0. The predicted octanol–water partition coefficient (Wildman–Crippen LogP) is 1.25. The summed E-state index contributed by atoms with van der Waals surface area (Å²) in [6.07, 6.45) is 9.78. The minimum Gasteiger partial charge on any atom is -0.480 e. The Labute approximate surface area is 118 Å². The third kappa shape index (κ3) is 5.88. The lowest BCUT2D eigenvalue weighted by Gasteiger charge is -2.23. The number of carbonyl (C=O) groups excluding carboxylic acids is 1. The standard InChI is InChI=1S/C13H20N2O3S/c1-3-7-15(9-10-4-5-10)13(18)14-11(12(16)17)6-8-19-2/h1,10-11H,4-9H2,2H3,(H,14,18)(H,16,17)/t11-/m1/s1. The number of hydrogen-bond donors (Lipinski definition) is 2. The second-order valence-corrected chi connectivity index (χ2v) is 5.64. The first-order valence-corrected chi connectivity index (χ1v) is 7.68. The SMILES string of the molecule is C#CCN(CC1CC1)C(=O)N[C@H](CCSC)C(=O)O. The number of rotatable bonds is 8. The van der Waals surface area contributed by atoms with Crippen LogP contribution in [0.1, 0.15) is 19.3 Å². The zero-order valence-electron chi connectivity index (χ0n) is 11.1. The van der Waals surface area contributed by atoms with Crippen LogP contribution in [0.3, 0.4) is 0 Å². The molecule has 0 aromatic heterocycles. The van der Waals surface area contributed by atoms with Gasteiger partial charge in [0.25, 0.3) is 0 Å². The van der Waals surface area contributed by atoms with Gasteiger partial charge in [0, 0.05) is 6.54 Å². The van der Waals surface area contributed by atoms with E-state index >= 15 is 0 Å². The summed E-state index contributed by atoms with van der Waals surface area (Å²) in [5.74, 6) is 2.65. The Hall–Kier alpha value is -1.35. The Morgan fingerprint density at radius 3 is 2.74 bits per heavy atom. The third-order valence-corrected chi connectivity index (χ3v) is 3.60. The second kappa shape index (κ2) is 7.95. The van der Waals surface area contributed by atoms with E-state index in [4.69, 9.17) is 11.5 Å². The van der Waals surface area contributed by atoms with Gasteiger partial charge < -0.3 is 15.3 Å². The fourth-order valence-electron chi connectivity index (χ4n) is 1.67. The number of carboxylic acids is 1. The van der Waals surface area contributed by atoms with Crippen LogP contribution in [0.15, 0.2) is 0 Å². The molecule has 106 valence electrons. The van der Waals surface area contributed by atoms with Gasteiger partial charge in [-0.1, -0.05) is 5.92 Å². The highest BCUT2D eigenvalue weighted by molar-refractivity contribution is 7.98. The summed E-state index contributed by atoms with van der Waals surface area (Å²) in [6.45, 7) is 0.835. The van der Waals surface area contributed by atoms with E-state index < -0.39 is 12.0 Å². The van der Waals surface area contributed by atoms with Crippen LogP contribution in [0.2, 0.25) is 0 Å². The number of amides is 2. The highest BCUT2D eigenvalue weighted by Gasteiger charge is 2.28. The fraction of sp³-hybridized carbons (Fsp3) is 0.692. The van der Waals surface area contributed by atoms with Crippen molar-refractivity contribution in [3.63, 3.8) is 0 Å². The van der Waals surface area contributed by atoms with Gasteiger partial charge in [0.05, 0.1) is 6.54 Å². The molecule has 1 aliphatic carbocycles. The van der Waals surface area contributed by atoms with Crippen molar-refractivity contribution in [1.29, 1.82) is 0 Å². The zero-order valence-corrected chi connectivity index (χ0v) is 11.9. The van der Waals surface area contributed by atoms with Crippen molar-refractivity contribution >= 4 is 23.8 Å². The van der Waals surface area contributed by atoms with Gasteiger partial charge in [-0.25, -0.2) is 9.59 Å². The van der Waals surface area contributed by atoms with Crippen molar-refractivity contribution in [2.75, 3.05) is 25.1 Å². The molecule has 2 N–H and O–H groups in total. The van der Waals surface area contributed by atoms with Crippen LogP contribution in [0.25, 0.3) is 0 Å². The van der Waals surface area contributed by atoms with E-state index in [1.54, 1.807) is 11.8 Å². The lowest BCUT2D eigenvalue weighted by atomic mass is 10.2. The summed E-state index contributed by atoms with van der Waals surface area (Å²) in [7, 11) is 0. The molecule has 6 heteroatoms. The van der Waals surface area contributed by atoms with Gasteiger partial charge >= 0.3 is 12.0 Å². The largest absolute Gasteiger partial charge is 0.480 e. The second-order valence-electron chi connectivity index (χ2n) is 4.65. The average molecular weight is 284 g/mol. The maximum atomic E-state index is 12.0. The van der Waals surface area contributed by atoms with E-state index in [0.717, 1.165) is 12.8 Å². The van der Waals surface area contributed by atoms with E-state index in [9.17, 15) is 9.59 Å². The van der Waals surface area contributed by atoms with E-state index in [-0.39, 0.29) is 12.6 Å². The molecule has 0 saturated heterocycles. The molecule has 0 aromatic carbocycles. The summed E-state index contributed by atoms with van der Waals surface area (Å²) >= 11 is 1.55. The van der Waals surface area contributed by atoms with Crippen molar-refractivity contribution in [3.05, 3.63) is 0 Å². The summed E-state index contributed by atoms with van der Waals surface area (Å²) in [4.78, 5) is 24.6. The average Bonchev–Trinajstić information content (AvgIpc) is 3.17. The smallest absolute Gasteiger partial charge is 0.326 e. The van der Waals surface area contributed by atoms with Gasteiger partial charge in [-0.05, 0) is 37.2 Å². The van der Waals surface area contributed by atoms with Crippen LogP contribution >= 0.6 is 11.8 Å². The van der Waals surface area contributed by atoms with Crippen LogP contribution in [0.4, 0.5) is 4.79 Å². The number of nitrogens with one attached hydrogen (secondary N) is 1. The fourth-order valence-corrected chi connectivity index (χ4v) is 2.15. The predicted molar refractivity (Wildman–Crippen MR) is 76.1 cm³/mol. The van der Waals surface area contributed by atoms with Gasteiger partial charge in [-0.3, -0.25) is 0 Å². The number of carbonyl (C=O) groups is 2. The molecule has 0 radical (unpaired) electrons. The highest BCUT2D eigenvalue weighted by atomic mass is 32.2. The molecule has 0 aromatic rings. The molecular formula is C13H20N2O3S. The van der Waals surface area contributed by atoms with Crippen molar-refractivity contribution in [1.82, 2.24) is 10.2 Å².